The van der Waals surface area contributed by atoms with Gasteiger partial charge in [0.2, 0.25) is 0 Å². The first kappa shape index (κ1) is 102. The van der Waals surface area contributed by atoms with Crippen LogP contribution in [0, 0.1) is 5.92 Å². The number of esters is 4. The third kappa shape index (κ3) is 78.2. The van der Waals surface area contributed by atoms with Gasteiger partial charge in [0.15, 0.2) is 12.2 Å². The number of hydrogen-bond acceptors (Lipinski definition) is 15. The highest BCUT2D eigenvalue weighted by atomic mass is 31.2. The summed E-state index contributed by atoms with van der Waals surface area (Å²) in [6.07, 6.45) is 70.7. The third-order valence-electron chi connectivity index (χ3n) is 20.0. The van der Waals surface area contributed by atoms with E-state index in [1.807, 2.05) is 0 Å². The van der Waals surface area contributed by atoms with E-state index in [1.165, 1.54) is 283 Å². The zero-order valence-corrected chi connectivity index (χ0v) is 70.0. The monoisotopic (exact) mass is 1520 g/mol. The SMILES string of the molecule is CCCCCCCCCCCCCCCCCCCCC(=O)OC[C@H](COP(=O)(O)OC[C@@H](O)COP(=O)(O)OC[C@@H](COC(=O)CCCCCCCCCCCCCCC)OC(=O)CCCCCCCCCCCCCCC(C)C)OC(=O)CCCCCCCCCCCCCCCCCCCC. The first-order valence-electron chi connectivity index (χ1n) is 44.1. The summed E-state index contributed by atoms with van der Waals surface area (Å²) in [6.45, 7) is 7.38. The maximum atomic E-state index is 13.1. The van der Waals surface area contributed by atoms with E-state index < -0.39 is 97.5 Å². The van der Waals surface area contributed by atoms with Gasteiger partial charge in [-0.25, -0.2) is 9.13 Å². The lowest BCUT2D eigenvalue weighted by atomic mass is 10.0. The summed E-state index contributed by atoms with van der Waals surface area (Å²) in [5, 5.41) is 10.7. The molecule has 19 heteroatoms. The third-order valence-corrected chi connectivity index (χ3v) is 21.9. The second kappa shape index (κ2) is 77.8. The molecule has 0 aliphatic heterocycles. The van der Waals surface area contributed by atoms with Crippen molar-refractivity contribution in [3.8, 4) is 0 Å². The number of rotatable bonds is 85. The predicted octanol–water partition coefficient (Wildman–Crippen LogP) is 26.0. The van der Waals surface area contributed by atoms with Crippen molar-refractivity contribution in [2.45, 2.75) is 477 Å². The molecule has 2 unspecified atom stereocenters. The van der Waals surface area contributed by atoms with Crippen molar-refractivity contribution in [2.24, 2.45) is 5.92 Å². The molecular formula is C85H166O17P2. The fourth-order valence-corrected chi connectivity index (χ4v) is 14.9. The summed E-state index contributed by atoms with van der Waals surface area (Å²) in [6, 6.07) is 0. The van der Waals surface area contributed by atoms with Gasteiger partial charge in [-0.3, -0.25) is 37.3 Å². The van der Waals surface area contributed by atoms with Crippen molar-refractivity contribution < 1.29 is 80.2 Å². The van der Waals surface area contributed by atoms with Gasteiger partial charge in [0.05, 0.1) is 26.4 Å². The van der Waals surface area contributed by atoms with Crippen LogP contribution in [0.3, 0.4) is 0 Å². The quantitative estimate of drug-likeness (QED) is 0.0222. The van der Waals surface area contributed by atoms with Crippen LogP contribution in [0.25, 0.3) is 0 Å². The first-order valence-corrected chi connectivity index (χ1v) is 47.1. The van der Waals surface area contributed by atoms with Crippen LogP contribution in [-0.4, -0.2) is 96.7 Å². The molecule has 0 saturated carbocycles. The number of hydrogen-bond donors (Lipinski definition) is 3. The Morgan fingerprint density at radius 2 is 0.442 bits per heavy atom. The van der Waals surface area contributed by atoms with Crippen molar-refractivity contribution >= 4 is 39.5 Å². The minimum atomic E-state index is -4.96. The lowest BCUT2D eigenvalue weighted by Crippen LogP contribution is -2.30. The molecule has 0 saturated heterocycles. The van der Waals surface area contributed by atoms with Gasteiger partial charge in [-0.15, -0.1) is 0 Å². The summed E-state index contributed by atoms with van der Waals surface area (Å²) in [5.74, 6) is -1.32. The minimum absolute atomic E-state index is 0.108. The molecule has 0 aliphatic carbocycles. The van der Waals surface area contributed by atoms with E-state index in [-0.39, 0.29) is 25.7 Å². The van der Waals surface area contributed by atoms with Gasteiger partial charge in [0.25, 0.3) is 0 Å². The smallest absolute Gasteiger partial charge is 0.462 e. The Kier molecular flexibility index (Phi) is 76.3. The average Bonchev–Trinajstić information content (AvgIpc) is 0.913. The summed E-state index contributed by atoms with van der Waals surface area (Å²) < 4.78 is 68.9. The van der Waals surface area contributed by atoms with Gasteiger partial charge in [0, 0.05) is 25.7 Å². The number of aliphatic hydroxyl groups excluding tert-OH is 1. The zero-order valence-electron chi connectivity index (χ0n) is 68.2. The van der Waals surface area contributed by atoms with Crippen LogP contribution in [0.2, 0.25) is 0 Å². The summed E-state index contributed by atoms with van der Waals surface area (Å²) >= 11 is 0. The number of phosphoric acid groups is 2. The molecule has 0 aliphatic rings. The molecule has 0 bridgehead atoms. The molecule has 0 aromatic rings. The van der Waals surface area contributed by atoms with E-state index in [2.05, 4.69) is 34.6 Å². The molecule has 17 nitrogen and oxygen atoms in total. The maximum Gasteiger partial charge on any atom is 0.472 e. The maximum absolute atomic E-state index is 13.1. The fourth-order valence-electron chi connectivity index (χ4n) is 13.3. The van der Waals surface area contributed by atoms with Crippen LogP contribution in [-0.2, 0) is 65.4 Å². The van der Waals surface area contributed by atoms with E-state index >= 15 is 0 Å². The largest absolute Gasteiger partial charge is 0.472 e. The van der Waals surface area contributed by atoms with Crippen LogP contribution in [0.5, 0.6) is 0 Å². The Morgan fingerprint density at radius 3 is 0.654 bits per heavy atom. The van der Waals surface area contributed by atoms with Gasteiger partial charge in [-0.2, -0.15) is 0 Å². The van der Waals surface area contributed by atoms with Crippen LogP contribution in [0.4, 0.5) is 0 Å². The minimum Gasteiger partial charge on any atom is -0.462 e. The Hall–Kier alpha value is -1.94. The molecule has 0 aromatic heterocycles. The number of unbranched alkanes of at least 4 members (excludes halogenated alkanes) is 57. The molecule has 0 aromatic carbocycles. The van der Waals surface area contributed by atoms with Crippen LogP contribution < -0.4 is 0 Å². The van der Waals surface area contributed by atoms with E-state index in [1.54, 1.807) is 0 Å². The highest BCUT2D eigenvalue weighted by Crippen LogP contribution is 2.45. The van der Waals surface area contributed by atoms with Crippen LogP contribution in [0.15, 0.2) is 0 Å². The summed E-state index contributed by atoms with van der Waals surface area (Å²) in [5.41, 5.74) is 0. The highest BCUT2D eigenvalue weighted by Gasteiger charge is 2.30. The number of carbonyl (C=O) groups is 4. The van der Waals surface area contributed by atoms with Crippen molar-refractivity contribution in [1.29, 1.82) is 0 Å². The Balaban J connectivity index is 5.26. The molecule has 0 spiro atoms. The number of aliphatic hydroxyl groups is 1. The molecule has 0 heterocycles. The molecule has 5 atom stereocenters. The molecule has 104 heavy (non-hydrogen) atoms. The molecule has 0 rings (SSSR count). The zero-order chi connectivity index (χ0) is 76.2. The van der Waals surface area contributed by atoms with Gasteiger partial charge >= 0.3 is 39.5 Å². The van der Waals surface area contributed by atoms with E-state index in [0.717, 1.165) is 95.8 Å². The fraction of sp³-hybridized carbons (Fsp3) is 0.953. The first-order chi connectivity index (χ1) is 50.5. The standard InChI is InChI=1S/C85H166O17P2/c1-6-9-12-15-18-21-24-27-29-31-33-35-38-44-49-54-59-64-69-83(88)96-75-80(101-84(89)70-65-60-55-50-45-39-36-34-32-30-28-25-22-19-16-13-10-7-2)76-99-103(91,92)97-72-79(86)73-98-104(93,94)100-77-81(74-95-82(87)68-63-58-53-48-43-37-26-23-20-17-14-11-8-3)102-85(90)71-66-61-56-51-46-41-40-42-47-52-57-62-67-78(4)5/h78-81,86H,6-77H2,1-5H3,(H,91,92)(H,93,94)/t79-,80-,81-/m1/s1. The Morgan fingerprint density at radius 1 is 0.260 bits per heavy atom. The van der Waals surface area contributed by atoms with Crippen LogP contribution >= 0.6 is 15.6 Å². The predicted molar refractivity (Wildman–Crippen MR) is 428 cm³/mol. The van der Waals surface area contributed by atoms with Crippen molar-refractivity contribution in [2.75, 3.05) is 39.6 Å². The molecule has 0 fully saturated rings. The molecule has 3 N–H and O–H groups in total. The van der Waals surface area contributed by atoms with Gasteiger partial charge in [0.1, 0.15) is 19.3 Å². The molecule has 0 radical (unpaired) electrons. The second-order valence-corrected chi connectivity index (χ2v) is 34.0. The second-order valence-electron chi connectivity index (χ2n) is 31.1. The lowest BCUT2D eigenvalue weighted by molar-refractivity contribution is -0.161. The van der Waals surface area contributed by atoms with Gasteiger partial charge in [-0.05, 0) is 31.6 Å². The van der Waals surface area contributed by atoms with Crippen molar-refractivity contribution in [1.82, 2.24) is 0 Å². The highest BCUT2D eigenvalue weighted by molar-refractivity contribution is 7.47. The van der Waals surface area contributed by atoms with Gasteiger partial charge in [-0.1, -0.05) is 407 Å². The van der Waals surface area contributed by atoms with E-state index in [0.29, 0.717) is 25.7 Å². The Bertz CT molecular complexity index is 1980. The number of carbonyl (C=O) groups excluding carboxylic acids is 4. The molecule has 0 amide bonds. The van der Waals surface area contributed by atoms with Crippen molar-refractivity contribution in [3.05, 3.63) is 0 Å². The normalized spacial score (nSPS) is 13.8. The number of ether oxygens (including phenoxy) is 4. The lowest BCUT2D eigenvalue weighted by Gasteiger charge is -2.21. The Labute approximate surface area is 638 Å². The van der Waals surface area contributed by atoms with Gasteiger partial charge < -0.3 is 33.8 Å². The average molecular weight is 1520 g/mol. The molecular weight excluding hydrogens is 1350 g/mol. The van der Waals surface area contributed by atoms with Crippen molar-refractivity contribution in [3.63, 3.8) is 0 Å². The topological polar surface area (TPSA) is 237 Å². The summed E-state index contributed by atoms with van der Waals surface area (Å²) in [4.78, 5) is 73.2. The molecule has 618 valence electrons. The van der Waals surface area contributed by atoms with E-state index in [4.69, 9.17) is 37.0 Å². The number of phosphoric ester groups is 2. The summed E-state index contributed by atoms with van der Waals surface area (Å²) in [7, 11) is -9.93. The van der Waals surface area contributed by atoms with E-state index in [9.17, 15) is 43.2 Å². The van der Waals surface area contributed by atoms with Crippen LogP contribution in [0.1, 0.15) is 458 Å².